The van der Waals surface area contributed by atoms with Gasteiger partial charge in [0.2, 0.25) is 0 Å². The first-order valence-corrected chi connectivity index (χ1v) is 4.89. The van der Waals surface area contributed by atoms with Gasteiger partial charge in [-0.25, -0.2) is 4.98 Å². The number of rotatable bonds is 2. The minimum absolute atomic E-state index is 0.0122. The fourth-order valence-electron chi connectivity index (χ4n) is 0.948. The summed E-state index contributed by atoms with van der Waals surface area (Å²) in [4.78, 5) is 16.0. The monoisotopic (exact) mass is 203 g/mol. The third-order valence-corrected chi connectivity index (χ3v) is 2.95. The van der Waals surface area contributed by atoms with Crippen molar-refractivity contribution in [3.05, 3.63) is 15.0 Å². The topological polar surface area (TPSA) is 30.0 Å². The normalized spacial score (nSPS) is 10.8. The van der Waals surface area contributed by atoms with E-state index in [1.165, 1.54) is 18.3 Å². The molecule has 0 spiro atoms. The van der Waals surface area contributed by atoms with E-state index in [0.717, 1.165) is 4.88 Å². The summed E-state index contributed by atoms with van der Waals surface area (Å²) in [6, 6.07) is 0. The number of carbonyl (C=O) groups excluding carboxylic acids is 1. The van der Waals surface area contributed by atoms with E-state index in [9.17, 15) is 4.79 Å². The van der Waals surface area contributed by atoms with E-state index in [1.54, 1.807) is 0 Å². The number of aromatic nitrogens is 1. The molecule has 0 aliphatic rings. The Bertz CT molecular complexity index is 306. The fraction of sp³-hybridized carbons (Fsp3) is 0.500. The van der Waals surface area contributed by atoms with Gasteiger partial charge in [-0.3, -0.25) is 4.79 Å². The van der Waals surface area contributed by atoms with Crippen LogP contribution in [0.2, 0.25) is 4.47 Å². The zero-order chi connectivity index (χ0) is 9.30. The number of halogens is 1. The summed E-state index contributed by atoms with van der Waals surface area (Å²) in [7, 11) is 0. The molecule has 0 N–H and O–H groups in total. The maximum atomic E-state index is 11.1. The summed E-state index contributed by atoms with van der Waals surface area (Å²) < 4.78 is 0.448. The highest BCUT2D eigenvalue weighted by atomic mass is 35.5. The van der Waals surface area contributed by atoms with Crippen LogP contribution in [-0.2, 0) is 0 Å². The molecule has 0 bridgehead atoms. The predicted octanol–water partition coefficient (Wildman–Crippen LogP) is 3.12. The smallest absolute Gasteiger partial charge is 0.184 e. The molecule has 1 aromatic heterocycles. The van der Waals surface area contributed by atoms with E-state index in [0.29, 0.717) is 16.1 Å². The molecule has 1 aromatic rings. The van der Waals surface area contributed by atoms with Gasteiger partial charge in [0.25, 0.3) is 0 Å². The van der Waals surface area contributed by atoms with Crippen molar-refractivity contribution in [3.63, 3.8) is 0 Å². The summed E-state index contributed by atoms with van der Waals surface area (Å²) in [5.74, 6) is 0.302. The van der Waals surface area contributed by atoms with Crippen molar-refractivity contribution in [2.45, 2.75) is 26.7 Å². The number of hydrogen-bond donors (Lipinski definition) is 0. The molecular formula is C8H10ClNOS. The first-order chi connectivity index (χ1) is 5.52. The molecule has 0 amide bonds. The fourth-order valence-corrected chi connectivity index (χ4v) is 2.12. The van der Waals surface area contributed by atoms with Gasteiger partial charge in [-0.1, -0.05) is 25.4 Å². The van der Waals surface area contributed by atoms with Gasteiger partial charge in [0.1, 0.15) is 5.69 Å². The van der Waals surface area contributed by atoms with Crippen LogP contribution < -0.4 is 0 Å². The zero-order valence-corrected chi connectivity index (χ0v) is 8.79. The number of thiazole rings is 1. The molecule has 0 aromatic carbocycles. The summed E-state index contributed by atoms with van der Waals surface area (Å²) >= 11 is 7.09. The van der Waals surface area contributed by atoms with Crippen LogP contribution >= 0.6 is 22.9 Å². The van der Waals surface area contributed by atoms with Gasteiger partial charge in [0, 0.05) is 11.8 Å². The molecule has 0 aliphatic heterocycles. The predicted molar refractivity (Wildman–Crippen MR) is 51.2 cm³/mol. The van der Waals surface area contributed by atoms with Gasteiger partial charge in [-0.15, -0.1) is 11.3 Å². The van der Waals surface area contributed by atoms with E-state index in [2.05, 4.69) is 4.98 Å². The van der Waals surface area contributed by atoms with E-state index < -0.39 is 0 Å². The first-order valence-electron chi connectivity index (χ1n) is 3.69. The summed E-state index contributed by atoms with van der Waals surface area (Å²) in [5.41, 5.74) is 0.528. The average Bonchev–Trinajstić information content (AvgIpc) is 2.31. The lowest BCUT2D eigenvalue weighted by atomic mass is 10.1. The van der Waals surface area contributed by atoms with E-state index in [4.69, 9.17) is 11.6 Å². The lowest BCUT2D eigenvalue weighted by Crippen LogP contribution is -1.98. The average molecular weight is 204 g/mol. The molecular weight excluding hydrogens is 194 g/mol. The van der Waals surface area contributed by atoms with Crippen molar-refractivity contribution in [2.75, 3.05) is 0 Å². The molecule has 4 heteroatoms. The summed E-state index contributed by atoms with van der Waals surface area (Å²) in [6.45, 7) is 5.56. The van der Waals surface area contributed by atoms with Crippen molar-refractivity contribution >= 4 is 28.7 Å². The molecule has 2 nitrogen and oxygen atoms in total. The van der Waals surface area contributed by atoms with Crippen molar-refractivity contribution in [1.82, 2.24) is 4.98 Å². The lowest BCUT2D eigenvalue weighted by molar-refractivity contribution is 0.101. The third kappa shape index (κ3) is 1.84. The van der Waals surface area contributed by atoms with Crippen LogP contribution in [0.4, 0.5) is 0 Å². The first kappa shape index (κ1) is 9.68. The lowest BCUT2D eigenvalue weighted by Gasteiger charge is -2.00. The van der Waals surface area contributed by atoms with Gasteiger partial charge >= 0.3 is 0 Å². The van der Waals surface area contributed by atoms with Crippen LogP contribution in [0, 0.1) is 0 Å². The number of Topliss-reactive ketones (excluding diaryl/α,β-unsaturated/α-hetero) is 1. The van der Waals surface area contributed by atoms with Crippen molar-refractivity contribution in [1.29, 1.82) is 0 Å². The zero-order valence-electron chi connectivity index (χ0n) is 7.22. The van der Waals surface area contributed by atoms with Crippen LogP contribution in [0.5, 0.6) is 0 Å². The number of ketones is 1. The highest BCUT2D eigenvalue weighted by Gasteiger charge is 2.16. The Hall–Kier alpha value is -0.410. The minimum atomic E-state index is -0.0122. The molecule has 1 heterocycles. The molecule has 0 saturated carbocycles. The maximum absolute atomic E-state index is 11.1. The SMILES string of the molecule is CC(=O)c1nc(Cl)sc1C(C)C. The Morgan fingerprint density at radius 2 is 2.17 bits per heavy atom. The number of carbonyl (C=O) groups is 1. The molecule has 0 fully saturated rings. The number of hydrogen-bond acceptors (Lipinski definition) is 3. The Morgan fingerprint density at radius 1 is 1.58 bits per heavy atom. The van der Waals surface area contributed by atoms with Gasteiger partial charge in [-0.05, 0) is 5.92 Å². The van der Waals surface area contributed by atoms with Gasteiger partial charge < -0.3 is 0 Å². The van der Waals surface area contributed by atoms with Crippen LogP contribution in [0.3, 0.4) is 0 Å². The molecule has 0 aliphatic carbocycles. The van der Waals surface area contributed by atoms with Crippen molar-refractivity contribution in [3.8, 4) is 0 Å². The van der Waals surface area contributed by atoms with E-state index >= 15 is 0 Å². The highest BCUT2D eigenvalue weighted by Crippen LogP contribution is 2.29. The van der Waals surface area contributed by atoms with Gasteiger partial charge in [-0.2, -0.15) is 0 Å². The maximum Gasteiger partial charge on any atom is 0.184 e. The second kappa shape index (κ2) is 3.54. The largest absolute Gasteiger partial charge is 0.293 e. The molecule has 0 radical (unpaired) electrons. The summed E-state index contributed by atoms with van der Waals surface area (Å²) in [6.07, 6.45) is 0. The minimum Gasteiger partial charge on any atom is -0.293 e. The van der Waals surface area contributed by atoms with Crippen molar-refractivity contribution < 1.29 is 4.79 Å². The quantitative estimate of drug-likeness (QED) is 0.692. The molecule has 0 saturated heterocycles. The molecule has 1 rings (SSSR count). The standard InChI is InChI=1S/C8H10ClNOS/c1-4(2)7-6(5(3)11)10-8(9)12-7/h4H,1-3H3. The van der Waals surface area contributed by atoms with Crippen LogP contribution in [0.1, 0.15) is 42.1 Å². The second-order valence-electron chi connectivity index (χ2n) is 2.89. The Morgan fingerprint density at radius 3 is 2.50 bits per heavy atom. The highest BCUT2D eigenvalue weighted by molar-refractivity contribution is 7.16. The molecule has 12 heavy (non-hydrogen) atoms. The Labute approximate surface area is 80.6 Å². The van der Waals surface area contributed by atoms with Gasteiger partial charge in [0.05, 0.1) is 0 Å². The Balaban J connectivity index is 3.17. The van der Waals surface area contributed by atoms with Crippen LogP contribution in [0.15, 0.2) is 0 Å². The van der Waals surface area contributed by atoms with Crippen LogP contribution in [0.25, 0.3) is 0 Å². The van der Waals surface area contributed by atoms with Crippen LogP contribution in [-0.4, -0.2) is 10.8 Å². The molecule has 0 unspecified atom stereocenters. The molecule has 66 valence electrons. The number of nitrogens with zero attached hydrogens (tertiary/aromatic N) is 1. The van der Waals surface area contributed by atoms with E-state index in [1.807, 2.05) is 13.8 Å². The van der Waals surface area contributed by atoms with E-state index in [-0.39, 0.29) is 5.78 Å². The molecule has 0 atom stereocenters. The van der Waals surface area contributed by atoms with Gasteiger partial charge in [0.15, 0.2) is 10.3 Å². The second-order valence-corrected chi connectivity index (χ2v) is 4.50. The Kier molecular flexibility index (Phi) is 2.85. The third-order valence-electron chi connectivity index (χ3n) is 1.49. The summed E-state index contributed by atoms with van der Waals surface area (Å²) in [5, 5.41) is 0. The van der Waals surface area contributed by atoms with Crippen molar-refractivity contribution in [2.24, 2.45) is 0 Å².